The molecule has 1 aromatic rings. The minimum absolute atomic E-state index is 0. The number of amides is 1. The molecule has 0 atom stereocenters. The van der Waals surface area contributed by atoms with Gasteiger partial charge in [-0.15, -0.1) is 24.0 Å². The number of carbonyl (C=O) groups excluding carboxylic acids is 1. The molecular weight excluding hydrogens is 463 g/mol. The van der Waals surface area contributed by atoms with Crippen LogP contribution in [0.3, 0.4) is 0 Å². The predicted octanol–water partition coefficient (Wildman–Crippen LogP) is 2.59. The largest absolute Gasteiger partial charge is 0.493 e. The van der Waals surface area contributed by atoms with Crippen LogP contribution in [0.5, 0.6) is 11.5 Å². The lowest BCUT2D eigenvalue weighted by Gasteiger charge is -2.24. The first-order valence-electron chi connectivity index (χ1n) is 8.35. The maximum absolute atomic E-state index is 11.9. The van der Waals surface area contributed by atoms with E-state index in [0.717, 1.165) is 5.56 Å². The molecule has 154 valence electrons. The number of likely N-dealkylation sites (N-methyl/N-ethyl adjacent to an activating group) is 1. The zero-order valence-electron chi connectivity index (χ0n) is 16.9. The molecular formula is C18H31IN4O4. The minimum atomic E-state index is -0.515. The highest BCUT2D eigenvalue weighted by Crippen LogP contribution is 2.27. The second-order valence-corrected chi connectivity index (χ2v) is 6.72. The van der Waals surface area contributed by atoms with E-state index < -0.39 is 5.60 Å². The number of ether oxygens (including phenoxy) is 3. The Morgan fingerprint density at radius 2 is 1.85 bits per heavy atom. The Morgan fingerprint density at radius 3 is 2.41 bits per heavy atom. The SMILES string of the molecule is COc1ccc(CN=C(N)NCCN(C)C(=O)OC(C)(C)C)cc1OC.I. The maximum atomic E-state index is 11.9. The summed E-state index contributed by atoms with van der Waals surface area (Å²) < 4.78 is 15.7. The average Bonchev–Trinajstić information content (AvgIpc) is 2.57. The summed E-state index contributed by atoms with van der Waals surface area (Å²) in [5.74, 6) is 1.61. The quantitative estimate of drug-likeness (QED) is 0.344. The van der Waals surface area contributed by atoms with E-state index >= 15 is 0 Å². The van der Waals surface area contributed by atoms with Crippen molar-refractivity contribution in [2.24, 2.45) is 10.7 Å². The molecule has 1 amide bonds. The van der Waals surface area contributed by atoms with Gasteiger partial charge in [-0.2, -0.15) is 0 Å². The highest BCUT2D eigenvalue weighted by atomic mass is 127. The third-order valence-electron chi connectivity index (χ3n) is 3.34. The number of halogens is 1. The van der Waals surface area contributed by atoms with Gasteiger partial charge in [-0.25, -0.2) is 9.79 Å². The first-order chi connectivity index (χ1) is 12.2. The first-order valence-corrected chi connectivity index (χ1v) is 8.35. The van der Waals surface area contributed by atoms with Gasteiger partial charge in [0.1, 0.15) is 5.60 Å². The molecule has 8 nitrogen and oxygen atoms in total. The molecule has 0 aliphatic heterocycles. The highest BCUT2D eigenvalue weighted by molar-refractivity contribution is 14.0. The normalized spacial score (nSPS) is 11.3. The molecule has 3 N–H and O–H groups in total. The third kappa shape index (κ3) is 9.55. The Kier molecular flexibility index (Phi) is 10.9. The summed E-state index contributed by atoms with van der Waals surface area (Å²) in [7, 11) is 4.85. The second-order valence-electron chi connectivity index (χ2n) is 6.72. The molecule has 0 spiro atoms. The molecule has 27 heavy (non-hydrogen) atoms. The van der Waals surface area contributed by atoms with Crippen molar-refractivity contribution in [2.75, 3.05) is 34.4 Å². The van der Waals surface area contributed by atoms with Gasteiger partial charge in [0.05, 0.1) is 20.8 Å². The lowest BCUT2D eigenvalue weighted by Crippen LogP contribution is -2.41. The van der Waals surface area contributed by atoms with Crippen molar-refractivity contribution >= 4 is 36.0 Å². The van der Waals surface area contributed by atoms with Crippen molar-refractivity contribution in [1.29, 1.82) is 0 Å². The standard InChI is InChI=1S/C18H30N4O4.HI/c1-18(2,3)26-17(23)22(4)10-9-20-16(19)21-12-13-7-8-14(24-5)15(11-13)25-6;/h7-8,11H,9-10,12H2,1-6H3,(H3,19,20,21);1H. The van der Waals surface area contributed by atoms with Crippen LogP contribution in [0.4, 0.5) is 4.79 Å². The number of carbonyl (C=O) groups is 1. The van der Waals surface area contributed by atoms with Crippen LogP contribution in [0.1, 0.15) is 26.3 Å². The number of rotatable bonds is 7. The van der Waals surface area contributed by atoms with Crippen LogP contribution < -0.4 is 20.5 Å². The first kappa shape index (κ1) is 25.1. The third-order valence-corrected chi connectivity index (χ3v) is 3.34. The number of hydrogen-bond acceptors (Lipinski definition) is 5. The lowest BCUT2D eigenvalue weighted by atomic mass is 10.2. The van der Waals surface area contributed by atoms with E-state index in [2.05, 4.69) is 10.3 Å². The van der Waals surface area contributed by atoms with Crippen molar-refractivity contribution in [1.82, 2.24) is 10.2 Å². The fourth-order valence-corrected chi connectivity index (χ4v) is 1.99. The maximum Gasteiger partial charge on any atom is 0.410 e. The lowest BCUT2D eigenvalue weighted by molar-refractivity contribution is 0.0302. The molecule has 0 saturated carbocycles. The monoisotopic (exact) mass is 494 g/mol. The molecule has 0 saturated heterocycles. The van der Waals surface area contributed by atoms with Gasteiger partial charge in [-0.3, -0.25) is 0 Å². The summed E-state index contributed by atoms with van der Waals surface area (Å²) >= 11 is 0. The van der Waals surface area contributed by atoms with Crippen molar-refractivity contribution < 1.29 is 19.0 Å². The van der Waals surface area contributed by atoms with Gasteiger partial charge in [-0.1, -0.05) is 6.07 Å². The molecule has 0 unspecified atom stereocenters. The highest BCUT2D eigenvalue weighted by Gasteiger charge is 2.19. The Labute approximate surface area is 178 Å². The fourth-order valence-electron chi connectivity index (χ4n) is 1.99. The zero-order chi connectivity index (χ0) is 19.7. The minimum Gasteiger partial charge on any atom is -0.493 e. The molecule has 0 aromatic heterocycles. The summed E-state index contributed by atoms with van der Waals surface area (Å²) in [4.78, 5) is 17.6. The van der Waals surface area contributed by atoms with Crippen LogP contribution in [0, 0.1) is 0 Å². The van der Waals surface area contributed by atoms with E-state index in [1.807, 2.05) is 39.0 Å². The number of hydrogen-bond donors (Lipinski definition) is 2. The molecule has 0 heterocycles. The van der Waals surface area contributed by atoms with Gasteiger partial charge >= 0.3 is 6.09 Å². The van der Waals surface area contributed by atoms with Gasteiger partial charge in [0.25, 0.3) is 0 Å². The molecule has 0 aliphatic rings. The van der Waals surface area contributed by atoms with Crippen LogP contribution in [0.2, 0.25) is 0 Å². The van der Waals surface area contributed by atoms with E-state index in [1.54, 1.807) is 21.3 Å². The van der Waals surface area contributed by atoms with Crippen LogP contribution in [0.15, 0.2) is 23.2 Å². The number of nitrogens with two attached hydrogens (primary N) is 1. The van der Waals surface area contributed by atoms with Crippen molar-refractivity contribution in [3.63, 3.8) is 0 Å². The van der Waals surface area contributed by atoms with Crippen LogP contribution in [-0.4, -0.2) is 56.9 Å². The van der Waals surface area contributed by atoms with Gasteiger partial charge in [0.2, 0.25) is 0 Å². The number of benzene rings is 1. The number of methoxy groups -OCH3 is 2. The average molecular weight is 494 g/mol. The van der Waals surface area contributed by atoms with Crippen LogP contribution in [-0.2, 0) is 11.3 Å². The number of guanidine groups is 1. The van der Waals surface area contributed by atoms with Gasteiger partial charge in [-0.05, 0) is 38.5 Å². The fraction of sp³-hybridized carbons (Fsp3) is 0.556. The molecule has 0 radical (unpaired) electrons. The summed E-state index contributed by atoms with van der Waals surface area (Å²) in [6, 6.07) is 5.57. The van der Waals surface area contributed by atoms with Gasteiger partial charge in [0, 0.05) is 20.1 Å². The predicted molar refractivity (Wildman–Crippen MR) is 117 cm³/mol. The van der Waals surface area contributed by atoms with Crippen molar-refractivity contribution in [3.05, 3.63) is 23.8 Å². The smallest absolute Gasteiger partial charge is 0.410 e. The Morgan fingerprint density at radius 1 is 1.22 bits per heavy atom. The number of nitrogens with zero attached hydrogens (tertiary/aromatic N) is 2. The van der Waals surface area contributed by atoms with E-state index in [1.165, 1.54) is 4.90 Å². The van der Waals surface area contributed by atoms with E-state index in [0.29, 0.717) is 37.1 Å². The van der Waals surface area contributed by atoms with E-state index in [4.69, 9.17) is 19.9 Å². The Bertz CT molecular complexity index is 632. The zero-order valence-corrected chi connectivity index (χ0v) is 19.2. The second kappa shape index (κ2) is 11.7. The summed E-state index contributed by atoms with van der Waals surface area (Å²) in [5, 5.41) is 2.98. The van der Waals surface area contributed by atoms with Crippen molar-refractivity contribution in [2.45, 2.75) is 32.9 Å². The van der Waals surface area contributed by atoms with Crippen LogP contribution >= 0.6 is 24.0 Å². The van der Waals surface area contributed by atoms with Gasteiger partial charge < -0.3 is 30.2 Å². The molecule has 0 bridgehead atoms. The molecule has 9 heteroatoms. The summed E-state index contributed by atoms with van der Waals surface area (Å²) in [6.45, 7) is 6.81. The summed E-state index contributed by atoms with van der Waals surface area (Å²) in [6.07, 6.45) is -0.375. The molecule has 1 rings (SSSR count). The topological polar surface area (TPSA) is 98.4 Å². The van der Waals surface area contributed by atoms with Crippen LogP contribution in [0.25, 0.3) is 0 Å². The van der Waals surface area contributed by atoms with E-state index in [9.17, 15) is 4.79 Å². The van der Waals surface area contributed by atoms with E-state index in [-0.39, 0.29) is 30.1 Å². The molecule has 0 fully saturated rings. The van der Waals surface area contributed by atoms with Crippen molar-refractivity contribution in [3.8, 4) is 11.5 Å². The van der Waals surface area contributed by atoms with Gasteiger partial charge in [0.15, 0.2) is 17.5 Å². The Balaban J connectivity index is 0.00000676. The molecule has 0 aliphatic carbocycles. The summed E-state index contributed by atoms with van der Waals surface area (Å²) in [5.41, 5.74) is 6.29. The molecule has 1 aromatic carbocycles. The Hall–Kier alpha value is -1.91. The number of aliphatic imine (C=N–C) groups is 1. The number of nitrogens with one attached hydrogen (secondary N) is 1.